The van der Waals surface area contributed by atoms with Crippen molar-refractivity contribution in [2.45, 2.75) is 0 Å². The van der Waals surface area contributed by atoms with Crippen LogP contribution in [-0.2, 0) is 4.79 Å². The number of hydrogen-bond acceptors (Lipinski definition) is 2. The summed E-state index contributed by atoms with van der Waals surface area (Å²) in [6.45, 7) is 0. The fourth-order valence-electron chi connectivity index (χ4n) is 1.53. The highest BCUT2D eigenvalue weighted by atomic mass is 19.1. The molecule has 0 spiro atoms. The smallest absolute Gasteiger partial charge is 0.248 e. The number of anilines is 2. The Morgan fingerprint density at radius 2 is 1.89 bits per heavy atom. The predicted octanol–water partition coefficient (Wildman–Crippen LogP) is 3.06. The third-order valence-electron chi connectivity index (χ3n) is 2.46. The number of carbonyl (C=O) groups is 1. The molecule has 4 heteroatoms. The van der Waals surface area contributed by atoms with Crippen LogP contribution >= 0.6 is 0 Å². The third-order valence-corrected chi connectivity index (χ3v) is 2.46. The van der Waals surface area contributed by atoms with Crippen molar-refractivity contribution in [2.75, 3.05) is 11.1 Å². The minimum absolute atomic E-state index is 0.317. The molecule has 0 unspecified atom stereocenters. The molecule has 0 atom stereocenters. The Bertz CT molecular complexity index is 606. The Hall–Kier alpha value is -2.62. The highest BCUT2D eigenvalue weighted by molar-refractivity contribution is 6.01. The van der Waals surface area contributed by atoms with Crippen molar-refractivity contribution in [2.24, 2.45) is 0 Å². The van der Waals surface area contributed by atoms with Gasteiger partial charge >= 0.3 is 0 Å². The van der Waals surface area contributed by atoms with Gasteiger partial charge in [0.1, 0.15) is 5.82 Å². The normalized spacial score (nSPS) is 10.6. The van der Waals surface area contributed by atoms with Crippen molar-refractivity contribution in [1.29, 1.82) is 0 Å². The second kappa shape index (κ2) is 5.82. The van der Waals surface area contributed by atoms with Gasteiger partial charge in [0, 0.05) is 17.5 Å². The SMILES string of the molecule is Nc1ccc(/C=C/C(=O)Nc2cccc(F)c2)cc1. The van der Waals surface area contributed by atoms with Gasteiger partial charge in [0.05, 0.1) is 0 Å². The number of nitrogen functional groups attached to an aromatic ring is 1. The molecular weight excluding hydrogens is 243 g/mol. The van der Waals surface area contributed by atoms with E-state index in [1.54, 1.807) is 36.4 Å². The van der Waals surface area contributed by atoms with Gasteiger partial charge in [0.2, 0.25) is 5.91 Å². The van der Waals surface area contributed by atoms with Gasteiger partial charge in [-0.1, -0.05) is 18.2 Å². The van der Waals surface area contributed by atoms with Gasteiger partial charge in [0.15, 0.2) is 0 Å². The molecule has 19 heavy (non-hydrogen) atoms. The molecule has 0 saturated heterocycles. The molecule has 3 nitrogen and oxygen atoms in total. The Morgan fingerprint density at radius 3 is 2.58 bits per heavy atom. The quantitative estimate of drug-likeness (QED) is 0.655. The largest absolute Gasteiger partial charge is 0.399 e. The number of benzene rings is 2. The molecule has 0 aliphatic rings. The van der Waals surface area contributed by atoms with Crippen LogP contribution < -0.4 is 11.1 Å². The van der Waals surface area contributed by atoms with Crippen molar-refractivity contribution in [3.63, 3.8) is 0 Å². The molecule has 0 aromatic heterocycles. The minimum Gasteiger partial charge on any atom is -0.399 e. The lowest BCUT2D eigenvalue weighted by Gasteiger charge is -2.01. The summed E-state index contributed by atoms with van der Waals surface area (Å²) in [5.41, 5.74) is 7.52. The monoisotopic (exact) mass is 256 g/mol. The molecule has 96 valence electrons. The summed E-state index contributed by atoms with van der Waals surface area (Å²) in [7, 11) is 0. The molecule has 0 radical (unpaired) electrons. The van der Waals surface area contributed by atoms with Crippen molar-refractivity contribution >= 4 is 23.4 Å². The highest BCUT2D eigenvalue weighted by Crippen LogP contribution is 2.10. The molecule has 0 fully saturated rings. The van der Waals surface area contributed by atoms with Crippen LogP contribution in [0.4, 0.5) is 15.8 Å². The van der Waals surface area contributed by atoms with Crippen molar-refractivity contribution in [3.05, 3.63) is 66.0 Å². The molecular formula is C15H13FN2O. The van der Waals surface area contributed by atoms with Crippen LogP contribution in [0.1, 0.15) is 5.56 Å². The first-order valence-electron chi connectivity index (χ1n) is 5.74. The van der Waals surface area contributed by atoms with Crippen LogP contribution in [0, 0.1) is 5.82 Å². The molecule has 2 rings (SSSR count). The van der Waals surface area contributed by atoms with E-state index >= 15 is 0 Å². The summed E-state index contributed by atoms with van der Waals surface area (Å²) in [6, 6.07) is 12.9. The second-order valence-corrected chi connectivity index (χ2v) is 4.00. The minimum atomic E-state index is -0.389. The second-order valence-electron chi connectivity index (χ2n) is 4.00. The number of rotatable bonds is 3. The maximum Gasteiger partial charge on any atom is 0.248 e. The average Bonchev–Trinajstić information content (AvgIpc) is 2.38. The molecule has 1 amide bonds. The van der Waals surface area contributed by atoms with Crippen LogP contribution in [0.5, 0.6) is 0 Å². The van der Waals surface area contributed by atoms with E-state index in [2.05, 4.69) is 5.32 Å². The number of carbonyl (C=O) groups excluding carboxylic acids is 1. The lowest BCUT2D eigenvalue weighted by molar-refractivity contribution is -0.111. The lowest BCUT2D eigenvalue weighted by atomic mass is 10.2. The van der Waals surface area contributed by atoms with Gasteiger partial charge in [-0.05, 0) is 42.0 Å². The Balaban J connectivity index is 1.99. The van der Waals surface area contributed by atoms with Gasteiger partial charge in [0.25, 0.3) is 0 Å². The number of halogens is 1. The fourth-order valence-corrected chi connectivity index (χ4v) is 1.53. The highest BCUT2D eigenvalue weighted by Gasteiger charge is 1.98. The lowest BCUT2D eigenvalue weighted by Crippen LogP contribution is -2.07. The predicted molar refractivity (Wildman–Crippen MR) is 74.9 cm³/mol. The van der Waals surface area contributed by atoms with Crippen molar-refractivity contribution < 1.29 is 9.18 Å². The summed E-state index contributed by atoms with van der Waals surface area (Å²) >= 11 is 0. The molecule has 0 aliphatic carbocycles. The van der Waals surface area contributed by atoms with Gasteiger partial charge in [-0.15, -0.1) is 0 Å². The molecule has 0 heterocycles. The Labute approximate surface area is 110 Å². The summed E-state index contributed by atoms with van der Waals surface area (Å²) in [6.07, 6.45) is 3.05. The zero-order valence-corrected chi connectivity index (χ0v) is 10.1. The third kappa shape index (κ3) is 3.96. The van der Waals surface area contributed by atoms with Gasteiger partial charge in [-0.3, -0.25) is 4.79 Å². The molecule has 0 aliphatic heterocycles. The van der Waals surface area contributed by atoms with Gasteiger partial charge in [-0.2, -0.15) is 0 Å². The molecule has 0 bridgehead atoms. The van der Waals surface area contributed by atoms with Crippen LogP contribution in [0.25, 0.3) is 6.08 Å². The fraction of sp³-hybridized carbons (Fsp3) is 0. The van der Waals surface area contributed by atoms with E-state index in [9.17, 15) is 9.18 Å². The number of hydrogen-bond donors (Lipinski definition) is 2. The average molecular weight is 256 g/mol. The topological polar surface area (TPSA) is 55.1 Å². The number of nitrogens with one attached hydrogen (secondary N) is 1. The zero-order chi connectivity index (χ0) is 13.7. The van der Waals surface area contributed by atoms with Crippen LogP contribution in [0.15, 0.2) is 54.6 Å². The summed E-state index contributed by atoms with van der Waals surface area (Å²) < 4.78 is 12.9. The number of nitrogens with two attached hydrogens (primary N) is 1. The zero-order valence-electron chi connectivity index (χ0n) is 10.1. The van der Waals surface area contributed by atoms with Gasteiger partial charge < -0.3 is 11.1 Å². The summed E-state index contributed by atoms with van der Waals surface area (Å²) in [5.74, 6) is -0.706. The molecule has 3 N–H and O–H groups in total. The first kappa shape index (κ1) is 12.8. The first-order chi connectivity index (χ1) is 9.13. The summed E-state index contributed by atoms with van der Waals surface area (Å²) in [5, 5.41) is 2.57. The van der Waals surface area contributed by atoms with E-state index < -0.39 is 0 Å². The molecule has 2 aromatic carbocycles. The maximum atomic E-state index is 12.9. The van der Waals surface area contributed by atoms with E-state index in [1.165, 1.54) is 24.3 Å². The Morgan fingerprint density at radius 1 is 1.16 bits per heavy atom. The standard InChI is InChI=1S/C15H13FN2O/c16-12-2-1-3-14(10-12)18-15(19)9-6-11-4-7-13(17)8-5-11/h1-10H,17H2,(H,18,19)/b9-6+. The Kier molecular flexibility index (Phi) is 3.93. The first-order valence-corrected chi connectivity index (χ1v) is 5.74. The maximum absolute atomic E-state index is 12.9. The van der Waals surface area contributed by atoms with Crippen LogP contribution in [0.3, 0.4) is 0 Å². The van der Waals surface area contributed by atoms with Crippen molar-refractivity contribution in [1.82, 2.24) is 0 Å². The summed E-state index contributed by atoms with van der Waals surface area (Å²) in [4.78, 5) is 11.6. The van der Waals surface area contributed by atoms with E-state index in [0.717, 1.165) is 5.56 Å². The van der Waals surface area contributed by atoms with E-state index in [4.69, 9.17) is 5.73 Å². The van der Waals surface area contributed by atoms with E-state index in [-0.39, 0.29) is 11.7 Å². The van der Waals surface area contributed by atoms with E-state index in [0.29, 0.717) is 11.4 Å². The van der Waals surface area contributed by atoms with Crippen LogP contribution in [-0.4, -0.2) is 5.91 Å². The number of amides is 1. The van der Waals surface area contributed by atoms with Gasteiger partial charge in [-0.25, -0.2) is 4.39 Å². The van der Waals surface area contributed by atoms with Crippen LogP contribution in [0.2, 0.25) is 0 Å². The molecule has 0 saturated carbocycles. The van der Waals surface area contributed by atoms with E-state index in [1.807, 2.05) is 0 Å². The van der Waals surface area contributed by atoms with Crippen molar-refractivity contribution in [3.8, 4) is 0 Å². The molecule has 2 aromatic rings.